The predicted octanol–water partition coefficient (Wildman–Crippen LogP) is 4.35. The second kappa shape index (κ2) is 7.96. The molecule has 2 amide bonds. The molecule has 30 heavy (non-hydrogen) atoms. The van der Waals surface area contributed by atoms with Gasteiger partial charge in [0.15, 0.2) is 0 Å². The van der Waals surface area contributed by atoms with Gasteiger partial charge in [-0.1, -0.05) is 59.1 Å². The van der Waals surface area contributed by atoms with E-state index in [1.807, 2.05) is 0 Å². The third kappa shape index (κ3) is 3.62. The van der Waals surface area contributed by atoms with Gasteiger partial charge in [0.1, 0.15) is 11.6 Å². The fraction of sp³-hybridized carbons (Fsp3) is 0.0455. The lowest BCUT2D eigenvalue weighted by Gasteiger charge is -2.21. The van der Waals surface area contributed by atoms with Gasteiger partial charge in [-0.15, -0.1) is 0 Å². The van der Waals surface area contributed by atoms with Crippen molar-refractivity contribution in [1.29, 1.82) is 0 Å². The van der Waals surface area contributed by atoms with Crippen LogP contribution >= 0.6 is 11.6 Å². The van der Waals surface area contributed by atoms with E-state index in [0.29, 0.717) is 10.6 Å². The summed E-state index contributed by atoms with van der Waals surface area (Å²) in [5.74, 6) is -3.06. The molecule has 0 fully saturated rings. The molecule has 8 heteroatoms. The number of hydrogen-bond donors (Lipinski definition) is 0. The van der Waals surface area contributed by atoms with Crippen molar-refractivity contribution in [3.05, 3.63) is 100 Å². The van der Waals surface area contributed by atoms with Crippen LogP contribution in [0.2, 0.25) is 5.02 Å². The van der Waals surface area contributed by atoms with Gasteiger partial charge < -0.3 is 9.57 Å². The second-order valence-corrected chi connectivity index (χ2v) is 6.75. The maximum absolute atomic E-state index is 13.3. The Kier molecular flexibility index (Phi) is 5.20. The van der Waals surface area contributed by atoms with Gasteiger partial charge in [-0.3, -0.25) is 9.59 Å². The summed E-state index contributed by atoms with van der Waals surface area (Å²) in [6.07, 6.45) is -1.36. The van der Waals surface area contributed by atoms with Gasteiger partial charge >= 0.3 is 5.97 Å². The molecule has 1 aliphatic rings. The van der Waals surface area contributed by atoms with Crippen LogP contribution in [0.15, 0.2) is 72.8 Å². The topological polar surface area (TPSA) is 72.9 Å². The summed E-state index contributed by atoms with van der Waals surface area (Å²) < 4.78 is 19.0. The molecule has 0 saturated carbocycles. The number of imide groups is 1. The average molecular weight is 426 g/mol. The van der Waals surface area contributed by atoms with Crippen LogP contribution < -0.4 is 4.74 Å². The van der Waals surface area contributed by atoms with Crippen molar-refractivity contribution in [2.24, 2.45) is 0 Å². The van der Waals surface area contributed by atoms with Crippen LogP contribution in [-0.4, -0.2) is 22.8 Å². The van der Waals surface area contributed by atoms with Crippen molar-refractivity contribution in [1.82, 2.24) is 5.06 Å². The minimum absolute atomic E-state index is 0.0335. The van der Waals surface area contributed by atoms with Crippen molar-refractivity contribution in [2.75, 3.05) is 0 Å². The summed E-state index contributed by atoms with van der Waals surface area (Å²) >= 11 is 6.01. The lowest BCUT2D eigenvalue weighted by atomic mass is 10.1. The molecular formula is C22H13ClFNO5. The van der Waals surface area contributed by atoms with Gasteiger partial charge in [0.05, 0.1) is 16.1 Å². The predicted molar refractivity (Wildman–Crippen MR) is 104 cm³/mol. The zero-order valence-electron chi connectivity index (χ0n) is 15.2. The van der Waals surface area contributed by atoms with Crippen molar-refractivity contribution in [3.8, 4) is 5.75 Å². The first-order chi connectivity index (χ1) is 14.5. The number of benzene rings is 3. The molecule has 4 rings (SSSR count). The fourth-order valence-electron chi connectivity index (χ4n) is 2.97. The summed E-state index contributed by atoms with van der Waals surface area (Å²) in [6, 6.07) is 17.8. The molecule has 6 nitrogen and oxygen atoms in total. The van der Waals surface area contributed by atoms with E-state index in [4.69, 9.17) is 21.2 Å². The molecule has 0 spiro atoms. The third-order valence-electron chi connectivity index (χ3n) is 4.39. The largest absolute Gasteiger partial charge is 0.472 e. The highest BCUT2D eigenvalue weighted by Crippen LogP contribution is 2.31. The number of amides is 2. The molecule has 0 bridgehead atoms. The van der Waals surface area contributed by atoms with Gasteiger partial charge in [0, 0.05) is 5.56 Å². The maximum Gasteiger partial charge on any atom is 0.377 e. The number of hydroxylamine groups is 2. The van der Waals surface area contributed by atoms with Crippen LogP contribution in [0.3, 0.4) is 0 Å². The van der Waals surface area contributed by atoms with Crippen molar-refractivity contribution in [3.63, 3.8) is 0 Å². The molecule has 0 radical (unpaired) electrons. The zero-order valence-corrected chi connectivity index (χ0v) is 16.0. The molecule has 0 N–H and O–H groups in total. The minimum Gasteiger partial charge on any atom is -0.472 e. The SMILES string of the molecule is O=C(ON1C(=O)c2ccccc2C1=O)C(Oc1ccc(F)cc1Cl)c1ccccc1. The maximum atomic E-state index is 13.3. The first-order valence-electron chi connectivity index (χ1n) is 8.82. The number of carbonyl (C=O) groups excluding carboxylic acids is 3. The Bertz CT molecular complexity index is 1120. The minimum atomic E-state index is -1.36. The first kappa shape index (κ1) is 19.6. The van der Waals surface area contributed by atoms with E-state index in [1.54, 1.807) is 42.5 Å². The molecule has 3 aromatic carbocycles. The van der Waals surface area contributed by atoms with E-state index in [-0.39, 0.29) is 21.9 Å². The average Bonchev–Trinajstić information content (AvgIpc) is 2.99. The van der Waals surface area contributed by atoms with Gasteiger partial charge in [-0.2, -0.15) is 0 Å². The highest BCUT2D eigenvalue weighted by atomic mass is 35.5. The van der Waals surface area contributed by atoms with Crippen molar-refractivity contribution in [2.45, 2.75) is 6.10 Å². The number of nitrogens with zero attached hydrogens (tertiary/aromatic N) is 1. The second-order valence-electron chi connectivity index (χ2n) is 6.34. The van der Waals surface area contributed by atoms with Crippen LogP contribution in [0.5, 0.6) is 5.75 Å². The molecule has 1 atom stereocenters. The summed E-state index contributed by atoms with van der Waals surface area (Å²) in [4.78, 5) is 43.0. The lowest BCUT2D eigenvalue weighted by Crippen LogP contribution is -2.35. The van der Waals surface area contributed by atoms with Gasteiger partial charge in [-0.25, -0.2) is 9.18 Å². The van der Waals surface area contributed by atoms with Crippen molar-refractivity contribution >= 4 is 29.4 Å². The molecule has 1 heterocycles. The number of ether oxygens (including phenoxy) is 1. The van der Waals surface area contributed by atoms with Gasteiger partial charge in [0.25, 0.3) is 11.8 Å². The standard InChI is InChI=1S/C22H13ClFNO5/c23-17-12-14(24)10-11-18(17)29-19(13-6-2-1-3-7-13)22(28)30-25-20(26)15-8-4-5-9-16(15)21(25)27/h1-12,19H. The Morgan fingerprint density at radius 1 is 0.900 bits per heavy atom. The first-order valence-corrected chi connectivity index (χ1v) is 9.20. The summed E-state index contributed by atoms with van der Waals surface area (Å²) in [5, 5.41) is 0.350. The Morgan fingerprint density at radius 2 is 1.50 bits per heavy atom. The van der Waals surface area contributed by atoms with Crippen LogP contribution in [0, 0.1) is 5.82 Å². The lowest BCUT2D eigenvalue weighted by molar-refractivity contribution is -0.177. The van der Waals surface area contributed by atoms with E-state index in [1.165, 1.54) is 18.2 Å². The highest BCUT2D eigenvalue weighted by Gasteiger charge is 2.40. The smallest absolute Gasteiger partial charge is 0.377 e. The van der Waals surface area contributed by atoms with E-state index < -0.39 is 29.7 Å². The van der Waals surface area contributed by atoms with Crippen LogP contribution in [0.25, 0.3) is 0 Å². The summed E-state index contributed by atoms with van der Waals surface area (Å²) in [6.45, 7) is 0. The summed E-state index contributed by atoms with van der Waals surface area (Å²) in [5.41, 5.74) is 0.655. The highest BCUT2D eigenvalue weighted by molar-refractivity contribution is 6.32. The number of fused-ring (bicyclic) bond motifs is 1. The monoisotopic (exact) mass is 425 g/mol. The Morgan fingerprint density at radius 3 is 2.10 bits per heavy atom. The van der Waals surface area contributed by atoms with Crippen molar-refractivity contribution < 1.29 is 28.3 Å². The van der Waals surface area contributed by atoms with E-state index in [2.05, 4.69) is 0 Å². The van der Waals surface area contributed by atoms with Gasteiger partial charge in [0.2, 0.25) is 6.10 Å². The van der Waals surface area contributed by atoms with Gasteiger partial charge in [-0.05, 0) is 30.3 Å². The molecule has 0 aromatic heterocycles. The molecule has 150 valence electrons. The number of hydrogen-bond acceptors (Lipinski definition) is 5. The van der Waals surface area contributed by atoms with E-state index in [9.17, 15) is 18.8 Å². The third-order valence-corrected chi connectivity index (χ3v) is 4.69. The summed E-state index contributed by atoms with van der Waals surface area (Å²) in [7, 11) is 0. The molecule has 0 saturated heterocycles. The molecule has 1 unspecified atom stereocenters. The number of rotatable bonds is 5. The number of carbonyl (C=O) groups is 3. The van der Waals surface area contributed by atoms with Crippen LogP contribution in [0.4, 0.5) is 4.39 Å². The number of halogens is 2. The molecular weight excluding hydrogens is 413 g/mol. The molecule has 3 aromatic rings. The van der Waals surface area contributed by atoms with E-state index in [0.717, 1.165) is 12.1 Å². The quantitative estimate of drug-likeness (QED) is 0.568. The Labute approximate surface area is 175 Å². The molecule has 0 aliphatic carbocycles. The van der Waals surface area contributed by atoms with E-state index >= 15 is 0 Å². The zero-order chi connectivity index (χ0) is 21.3. The fourth-order valence-corrected chi connectivity index (χ4v) is 3.18. The normalized spacial score (nSPS) is 13.7. The Balaban J connectivity index is 1.62. The Hall–Kier alpha value is -3.71. The van der Waals surface area contributed by atoms with Crippen LogP contribution in [0.1, 0.15) is 32.4 Å². The van der Waals surface area contributed by atoms with Crippen LogP contribution in [-0.2, 0) is 9.63 Å². The molecule has 1 aliphatic heterocycles.